The fourth-order valence-electron chi connectivity index (χ4n) is 2.60. The molecule has 8 heteroatoms. The SMILES string of the molecule is CCOc1ccc(Cl)cc1CNn1c(-c2ccccc2OC)n[nH]c1=S. The zero-order valence-electron chi connectivity index (χ0n) is 14.5. The van der Waals surface area contributed by atoms with Gasteiger partial charge < -0.3 is 14.9 Å². The van der Waals surface area contributed by atoms with Gasteiger partial charge in [-0.05, 0) is 49.5 Å². The Morgan fingerprint density at radius 2 is 2.04 bits per heavy atom. The molecular formula is C18H19ClN4O2S. The quantitative estimate of drug-likeness (QED) is 0.585. The largest absolute Gasteiger partial charge is 0.496 e. The summed E-state index contributed by atoms with van der Waals surface area (Å²) < 4.78 is 13.3. The van der Waals surface area contributed by atoms with Crippen molar-refractivity contribution >= 4 is 23.8 Å². The second-order valence-electron chi connectivity index (χ2n) is 5.41. The van der Waals surface area contributed by atoms with Gasteiger partial charge in [0.25, 0.3) is 0 Å². The molecule has 0 saturated carbocycles. The summed E-state index contributed by atoms with van der Waals surface area (Å²) in [4.78, 5) is 0. The van der Waals surface area contributed by atoms with Gasteiger partial charge in [0.2, 0.25) is 4.77 Å². The minimum absolute atomic E-state index is 0.450. The average molecular weight is 391 g/mol. The lowest BCUT2D eigenvalue weighted by atomic mass is 10.2. The molecule has 3 aromatic rings. The number of para-hydroxylation sites is 1. The first-order valence-corrected chi connectivity index (χ1v) is 8.88. The summed E-state index contributed by atoms with van der Waals surface area (Å²) in [6, 6.07) is 13.2. The van der Waals surface area contributed by atoms with Crippen molar-refractivity contribution in [2.24, 2.45) is 0 Å². The molecule has 0 fully saturated rings. The summed E-state index contributed by atoms with van der Waals surface area (Å²) in [7, 11) is 1.62. The van der Waals surface area contributed by atoms with E-state index in [9.17, 15) is 0 Å². The standard InChI is InChI=1S/C18H19ClN4O2S/c1-3-25-15-9-8-13(19)10-12(15)11-20-23-17(21-22-18(23)26)14-6-4-5-7-16(14)24-2/h4-10,20H,3,11H2,1-2H3,(H,22,26). The molecule has 1 aromatic heterocycles. The Bertz CT molecular complexity index is 954. The molecule has 0 aliphatic carbocycles. The molecule has 6 nitrogen and oxygen atoms in total. The molecule has 3 rings (SSSR count). The second kappa shape index (κ2) is 8.25. The number of nitrogens with zero attached hydrogens (tertiary/aromatic N) is 2. The molecule has 0 amide bonds. The Kier molecular flexibility index (Phi) is 5.80. The van der Waals surface area contributed by atoms with E-state index in [1.54, 1.807) is 17.9 Å². The highest BCUT2D eigenvalue weighted by atomic mass is 35.5. The highest BCUT2D eigenvalue weighted by Crippen LogP contribution is 2.28. The van der Waals surface area contributed by atoms with Gasteiger partial charge in [-0.15, -0.1) is 0 Å². The van der Waals surface area contributed by atoms with Gasteiger partial charge in [-0.1, -0.05) is 23.7 Å². The Labute approximate surface area is 161 Å². The summed E-state index contributed by atoms with van der Waals surface area (Å²) in [6.07, 6.45) is 0. The van der Waals surface area contributed by atoms with Gasteiger partial charge in [-0.25, -0.2) is 9.77 Å². The zero-order chi connectivity index (χ0) is 18.5. The lowest BCUT2D eigenvalue weighted by Gasteiger charge is -2.14. The van der Waals surface area contributed by atoms with Gasteiger partial charge in [-0.2, -0.15) is 5.10 Å². The first kappa shape index (κ1) is 18.3. The van der Waals surface area contributed by atoms with Gasteiger partial charge in [0.05, 0.1) is 25.8 Å². The van der Waals surface area contributed by atoms with Crippen molar-refractivity contribution < 1.29 is 9.47 Å². The molecule has 0 spiro atoms. The molecule has 2 aromatic carbocycles. The Balaban J connectivity index is 1.92. The van der Waals surface area contributed by atoms with Gasteiger partial charge in [0, 0.05) is 10.6 Å². The fraction of sp³-hybridized carbons (Fsp3) is 0.222. The Morgan fingerprint density at radius 3 is 2.81 bits per heavy atom. The van der Waals surface area contributed by atoms with Crippen molar-refractivity contribution in [3.63, 3.8) is 0 Å². The first-order chi connectivity index (χ1) is 12.6. The summed E-state index contributed by atoms with van der Waals surface area (Å²) in [5.41, 5.74) is 5.03. The number of benzene rings is 2. The summed E-state index contributed by atoms with van der Waals surface area (Å²) >= 11 is 11.5. The van der Waals surface area contributed by atoms with E-state index in [-0.39, 0.29) is 0 Å². The highest BCUT2D eigenvalue weighted by Gasteiger charge is 2.14. The number of aromatic amines is 1. The average Bonchev–Trinajstić information content (AvgIpc) is 3.02. The van der Waals surface area contributed by atoms with Crippen LogP contribution in [0.25, 0.3) is 11.4 Å². The van der Waals surface area contributed by atoms with Gasteiger partial charge >= 0.3 is 0 Å². The van der Waals surface area contributed by atoms with Crippen LogP contribution in [0.5, 0.6) is 11.5 Å². The molecule has 0 aliphatic rings. The van der Waals surface area contributed by atoms with Crippen LogP contribution < -0.4 is 14.9 Å². The minimum Gasteiger partial charge on any atom is -0.496 e. The topological polar surface area (TPSA) is 64.1 Å². The summed E-state index contributed by atoms with van der Waals surface area (Å²) in [5, 5.41) is 7.79. The maximum absolute atomic E-state index is 6.13. The normalized spacial score (nSPS) is 10.6. The molecule has 1 heterocycles. The summed E-state index contributed by atoms with van der Waals surface area (Å²) in [6.45, 7) is 2.98. The number of ether oxygens (including phenoxy) is 2. The van der Waals surface area contributed by atoms with Crippen molar-refractivity contribution in [1.29, 1.82) is 0 Å². The zero-order valence-corrected chi connectivity index (χ0v) is 16.0. The third kappa shape index (κ3) is 3.84. The predicted molar refractivity (Wildman–Crippen MR) is 105 cm³/mol. The number of H-pyrrole nitrogens is 1. The maximum Gasteiger partial charge on any atom is 0.214 e. The molecule has 0 atom stereocenters. The van der Waals surface area contributed by atoms with Crippen molar-refractivity contribution in [3.05, 3.63) is 57.8 Å². The number of halogens is 1. The van der Waals surface area contributed by atoms with E-state index in [2.05, 4.69) is 15.6 Å². The molecule has 0 radical (unpaired) electrons. The number of methoxy groups -OCH3 is 1. The molecular weight excluding hydrogens is 372 g/mol. The van der Waals surface area contributed by atoms with Crippen LogP contribution in [0.3, 0.4) is 0 Å². The molecule has 2 N–H and O–H groups in total. The van der Waals surface area contributed by atoms with Gasteiger partial charge in [0.15, 0.2) is 5.82 Å². The first-order valence-electron chi connectivity index (χ1n) is 8.10. The lowest BCUT2D eigenvalue weighted by Crippen LogP contribution is -2.16. The summed E-state index contributed by atoms with van der Waals surface area (Å²) in [5.74, 6) is 2.12. The van der Waals surface area contributed by atoms with Crippen LogP contribution in [0, 0.1) is 4.77 Å². The van der Waals surface area contributed by atoms with Crippen LogP contribution in [0.2, 0.25) is 5.02 Å². The molecule has 0 aliphatic heterocycles. The maximum atomic E-state index is 6.13. The van der Waals surface area contributed by atoms with Crippen LogP contribution in [-0.2, 0) is 6.54 Å². The van der Waals surface area contributed by atoms with Crippen molar-refractivity contribution in [1.82, 2.24) is 14.9 Å². The van der Waals surface area contributed by atoms with Crippen LogP contribution in [0.15, 0.2) is 42.5 Å². The van der Waals surface area contributed by atoms with E-state index < -0.39 is 0 Å². The van der Waals surface area contributed by atoms with Crippen LogP contribution in [0.1, 0.15) is 12.5 Å². The van der Waals surface area contributed by atoms with Crippen LogP contribution in [-0.4, -0.2) is 28.6 Å². The minimum atomic E-state index is 0.450. The van der Waals surface area contributed by atoms with Crippen molar-refractivity contribution in [2.75, 3.05) is 19.1 Å². The van der Waals surface area contributed by atoms with Crippen LogP contribution in [0.4, 0.5) is 0 Å². The fourth-order valence-corrected chi connectivity index (χ4v) is 2.99. The lowest BCUT2D eigenvalue weighted by molar-refractivity contribution is 0.336. The number of rotatable bonds is 7. The van der Waals surface area contributed by atoms with E-state index in [1.807, 2.05) is 43.3 Å². The molecule has 0 bridgehead atoms. The highest BCUT2D eigenvalue weighted by molar-refractivity contribution is 7.71. The number of hydrogen-bond donors (Lipinski definition) is 2. The van der Waals surface area contributed by atoms with Crippen molar-refractivity contribution in [3.8, 4) is 22.9 Å². The van der Waals surface area contributed by atoms with Gasteiger partial charge in [-0.3, -0.25) is 0 Å². The Morgan fingerprint density at radius 1 is 1.23 bits per heavy atom. The molecule has 0 saturated heterocycles. The van der Waals surface area contributed by atoms with Crippen LogP contribution >= 0.6 is 23.8 Å². The Hall–Kier alpha value is -2.51. The molecule has 136 valence electrons. The second-order valence-corrected chi connectivity index (χ2v) is 6.23. The monoisotopic (exact) mass is 390 g/mol. The van der Waals surface area contributed by atoms with Gasteiger partial charge in [0.1, 0.15) is 11.5 Å². The predicted octanol–water partition coefficient (Wildman–Crippen LogP) is 4.41. The van der Waals surface area contributed by atoms with E-state index >= 15 is 0 Å². The van der Waals surface area contributed by atoms with E-state index in [0.29, 0.717) is 34.5 Å². The number of aromatic nitrogens is 3. The third-order valence-corrected chi connectivity index (χ3v) is 4.28. The number of hydrogen-bond acceptors (Lipinski definition) is 5. The smallest absolute Gasteiger partial charge is 0.214 e. The number of nitrogens with one attached hydrogen (secondary N) is 2. The van der Waals surface area contributed by atoms with E-state index in [4.69, 9.17) is 33.3 Å². The van der Waals surface area contributed by atoms with E-state index in [1.165, 1.54) is 0 Å². The molecule has 26 heavy (non-hydrogen) atoms. The van der Waals surface area contributed by atoms with Crippen molar-refractivity contribution in [2.45, 2.75) is 13.5 Å². The van der Waals surface area contributed by atoms with E-state index in [0.717, 1.165) is 16.9 Å². The molecule has 0 unspecified atom stereocenters. The third-order valence-electron chi connectivity index (χ3n) is 3.77.